The number of benzene rings is 1. The van der Waals surface area contributed by atoms with Gasteiger partial charge in [0, 0.05) is 5.56 Å². The molecule has 1 atom stereocenters. The van der Waals surface area contributed by atoms with Crippen LogP contribution in [-0.2, 0) is 9.59 Å². The van der Waals surface area contributed by atoms with Crippen molar-refractivity contribution in [2.45, 2.75) is 12.3 Å². The highest BCUT2D eigenvalue weighted by molar-refractivity contribution is 5.83. The van der Waals surface area contributed by atoms with E-state index >= 15 is 0 Å². The quantitative estimate of drug-likeness (QED) is 0.710. The largest absolute Gasteiger partial charge is 0.504 e. The van der Waals surface area contributed by atoms with Crippen molar-refractivity contribution >= 4 is 11.9 Å². The SMILES string of the molecule is COc1cccc(C(CC(=O)O)C(=O)O)c1O. The van der Waals surface area contributed by atoms with Crippen molar-refractivity contribution in [2.75, 3.05) is 7.11 Å². The molecule has 1 aromatic rings. The van der Waals surface area contributed by atoms with E-state index in [0.29, 0.717) is 0 Å². The highest BCUT2D eigenvalue weighted by atomic mass is 16.5. The molecule has 0 spiro atoms. The van der Waals surface area contributed by atoms with Gasteiger partial charge in [-0.2, -0.15) is 0 Å². The molecule has 0 saturated heterocycles. The number of phenolic OH excluding ortho intramolecular Hbond substituents is 1. The van der Waals surface area contributed by atoms with Crippen LogP contribution in [0.3, 0.4) is 0 Å². The first kappa shape index (κ1) is 12.8. The summed E-state index contributed by atoms with van der Waals surface area (Å²) >= 11 is 0. The fraction of sp³-hybridized carbons (Fsp3) is 0.273. The molecule has 0 aromatic heterocycles. The van der Waals surface area contributed by atoms with Gasteiger partial charge in [-0.05, 0) is 6.07 Å². The number of carboxylic acids is 2. The molecule has 1 rings (SSSR count). The molecule has 0 radical (unpaired) electrons. The second-order valence-corrected chi connectivity index (χ2v) is 3.39. The van der Waals surface area contributed by atoms with Crippen LogP contribution in [0.25, 0.3) is 0 Å². The lowest BCUT2D eigenvalue weighted by Gasteiger charge is -2.14. The van der Waals surface area contributed by atoms with Crippen molar-refractivity contribution < 1.29 is 29.6 Å². The number of hydrogen-bond acceptors (Lipinski definition) is 4. The molecule has 0 aliphatic carbocycles. The minimum atomic E-state index is -1.31. The van der Waals surface area contributed by atoms with E-state index in [-0.39, 0.29) is 17.1 Å². The molecule has 6 heteroatoms. The maximum atomic E-state index is 11.0. The highest BCUT2D eigenvalue weighted by Gasteiger charge is 2.26. The van der Waals surface area contributed by atoms with Crippen molar-refractivity contribution in [2.24, 2.45) is 0 Å². The summed E-state index contributed by atoms with van der Waals surface area (Å²) in [5, 5.41) is 27.3. The van der Waals surface area contributed by atoms with Gasteiger partial charge in [-0.3, -0.25) is 9.59 Å². The second kappa shape index (κ2) is 5.20. The Bertz CT molecular complexity index is 440. The van der Waals surface area contributed by atoms with Gasteiger partial charge in [-0.25, -0.2) is 0 Å². The van der Waals surface area contributed by atoms with Crippen LogP contribution in [0.15, 0.2) is 18.2 Å². The third-order valence-corrected chi connectivity index (χ3v) is 2.30. The van der Waals surface area contributed by atoms with Gasteiger partial charge in [0.2, 0.25) is 0 Å². The number of carbonyl (C=O) groups is 2. The van der Waals surface area contributed by atoms with Gasteiger partial charge < -0.3 is 20.1 Å². The lowest BCUT2D eigenvalue weighted by molar-refractivity contribution is -0.145. The summed E-state index contributed by atoms with van der Waals surface area (Å²) < 4.78 is 4.83. The van der Waals surface area contributed by atoms with E-state index in [1.165, 1.54) is 25.3 Å². The summed E-state index contributed by atoms with van der Waals surface area (Å²) in [5.74, 6) is -4.10. The first-order valence-corrected chi connectivity index (χ1v) is 4.77. The molecular formula is C11H12O6. The van der Waals surface area contributed by atoms with Crippen LogP contribution in [0.1, 0.15) is 17.9 Å². The van der Waals surface area contributed by atoms with Gasteiger partial charge >= 0.3 is 11.9 Å². The molecule has 1 unspecified atom stereocenters. The number of carboxylic acid groups (broad SMARTS) is 2. The van der Waals surface area contributed by atoms with Crippen LogP contribution < -0.4 is 4.74 Å². The van der Waals surface area contributed by atoms with Crippen molar-refractivity contribution in [1.29, 1.82) is 0 Å². The van der Waals surface area contributed by atoms with Gasteiger partial charge in [0.05, 0.1) is 19.4 Å². The molecular weight excluding hydrogens is 228 g/mol. The molecule has 0 bridgehead atoms. The average Bonchev–Trinajstić information content (AvgIpc) is 2.26. The zero-order chi connectivity index (χ0) is 13.0. The van der Waals surface area contributed by atoms with Crippen LogP contribution in [0.5, 0.6) is 11.5 Å². The molecule has 0 fully saturated rings. The topological polar surface area (TPSA) is 104 Å². The maximum Gasteiger partial charge on any atom is 0.311 e. The number of methoxy groups -OCH3 is 1. The standard InChI is InChI=1S/C11H12O6/c1-17-8-4-2-3-6(10(8)14)7(11(15)16)5-9(12)13/h2-4,7,14H,5H2,1H3,(H,12,13)(H,15,16). The van der Waals surface area contributed by atoms with E-state index in [2.05, 4.69) is 0 Å². The Balaban J connectivity index is 3.18. The fourth-order valence-electron chi connectivity index (χ4n) is 1.49. The van der Waals surface area contributed by atoms with Crippen LogP contribution in [0, 0.1) is 0 Å². The summed E-state index contributed by atoms with van der Waals surface area (Å²) in [6.45, 7) is 0. The van der Waals surface area contributed by atoms with E-state index in [4.69, 9.17) is 14.9 Å². The number of aromatic hydroxyl groups is 1. The lowest BCUT2D eigenvalue weighted by Crippen LogP contribution is -2.16. The van der Waals surface area contributed by atoms with E-state index in [0.717, 1.165) is 0 Å². The number of ether oxygens (including phenoxy) is 1. The molecule has 92 valence electrons. The molecule has 0 heterocycles. The Morgan fingerprint density at radius 3 is 2.47 bits per heavy atom. The molecule has 0 aliphatic heterocycles. The molecule has 0 saturated carbocycles. The Labute approximate surface area is 97.1 Å². The van der Waals surface area contributed by atoms with Crippen LogP contribution in [0.2, 0.25) is 0 Å². The molecule has 17 heavy (non-hydrogen) atoms. The Morgan fingerprint density at radius 2 is 2.00 bits per heavy atom. The molecule has 0 amide bonds. The normalized spacial score (nSPS) is 11.8. The van der Waals surface area contributed by atoms with E-state index in [1.807, 2.05) is 0 Å². The van der Waals surface area contributed by atoms with E-state index < -0.39 is 24.3 Å². The third kappa shape index (κ3) is 2.87. The van der Waals surface area contributed by atoms with Crippen molar-refractivity contribution in [1.82, 2.24) is 0 Å². The fourth-order valence-corrected chi connectivity index (χ4v) is 1.49. The second-order valence-electron chi connectivity index (χ2n) is 3.39. The minimum absolute atomic E-state index is 0.0271. The number of aliphatic carboxylic acids is 2. The van der Waals surface area contributed by atoms with Gasteiger partial charge in [0.1, 0.15) is 0 Å². The first-order chi connectivity index (χ1) is 7.97. The predicted molar refractivity (Wildman–Crippen MR) is 57.3 cm³/mol. The molecule has 0 aliphatic rings. The lowest BCUT2D eigenvalue weighted by atomic mass is 9.94. The summed E-state index contributed by atoms with van der Waals surface area (Å²) in [6.07, 6.45) is -0.601. The third-order valence-electron chi connectivity index (χ3n) is 2.30. The van der Waals surface area contributed by atoms with Gasteiger partial charge in [-0.1, -0.05) is 12.1 Å². The number of phenols is 1. The van der Waals surface area contributed by atoms with Crippen LogP contribution >= 0.6 is 0 Å². The van der Waals surface area contributed by atoms with Gasteiger partial charge in [-0.15, -0.1) is 0 Å². The Hall–Kier alpha value is -2.24. The van der Waals surface area contributed by atoms with Crippen molar-refractivity contribution in [3.63, 3.8) is 0 Å². The number of hydrogen-bond donors (Lipinski definition) is 3. The number of rotatable bonds is 5. The zero-order valence-electron chi connectivity index (χ0n) is 9.08. The summed E-state index contributed by atoms with van der Waals surface area (Å²) in [6, 6.07) is 4.31. The zero-order valence-corrected chi connectivity index (χ0v) is 9.08. The molecule has 6 nitrogen and oxygen atoms in total. The molecule has 3 N–H and O–H groups in total. The minimum Gasteiger partial charge on any atom is -0.504 e. The monoisotopic (exact) mass is 240 g/mol. The van der Waals surface area contributed by atoms with Crippen LogP contribution in [-0.4, -0.2) is 34.4 Å². The maximum absolute atomic E-state index is 11.0. The predicted octanol–water partition coefficient (Wildman–Crippen LogP) is 1.04. The van der Waals surface area contributed by atoms with Gasteiger partial charge in [0.15, 0.2) is 11.5 Å². The highest BCUT2D eigenvalue weighted by Crippen LogP contribution is 2.35. The summed E-state index contributed by atoms with van der Waals surface area (Å²) in [4.78, 5) is 21.5. The Morgan fingerprint density at radius 1 is 1.35 bits per heavy atom. The van der Waals surface area contributed by atoms with Gasteiger partial charge in [0.25, 0.3) is 0 Å². The van der Waals surface area contributed by atoms with Crippen molar-refractivity contribution in [3.8, 4) is 11.5 Å². The average molecular weight is 240 g/mol. The first-order valence-electron chi connectivity index (χ1n) is 4.77. The number of para-hydroxylation sites is 1. The summed E-state index contributed by atoms with van der Waals surface area (Å²) in [7, 11) is 1.33. The van der Waals surface area contributed by atoms with Crippen molar-refractivity contribution in [3.05, 3.63) is 23.8 Å². The Kier molecular flexibility index (Phi) is 3.92. The smallest absolute Gasteiger partial charge is 0.311 e. The van der Waals surface area contributed by atoms with Crippen LogP contribution in [0.4, 0.5) is 0 Å². The molecule has 1 aromatic carbocycles. The van der Waals surface area contributed by atoms with E-state index in [1.54, 1.807) is 0 Å². The van der Waals surface area contributed by atoms with E-state index in [9.17, 15) is 14.7 Å². The summed E-state index contributed by atoms with van der Waals surface area (Å²) in [5.41, 5.74) is 0.0271.